The first-order valence-electron chi connectivity index (χ1n) is 16.2. The molecule has 7 N–H and O–H groups in total. The number of ether oxygens (including phenoxy) is 1. The predicted molar refractivity (Wildman–Crippen MR) is 176 cm³/mol. The quantitative estimate of drug-likeness (QED) is 0.0808. The molecule has 15 heteroatoms. The topological polar surface area (TPSA) is 226 Å². The summed E-state index contributed by atoms with van der Waals surface area (Å²) < 4.78 is 4.52. The van der Waals surface area contributed by atoms with Gasteiger partial charge in [-0.05, 0) is 49.7 Å². The minimum atomic E-state index is -1.35. The molecule has 7 amide bonds. The third-order valence-electron chi connectivity index (χ3n) is 6.60. The molecule has 0 aromatic rings. The largest absolute Gasteiger partial charge is 0.506 e. The van der Waals surface area contributed by atoms with E-state index in [1.54, 1.807) is 26.0 Å². The number of rotatable bonds is 16. The summed E-state index contributed by atoms with van der Waals surface area (Å²) in [7, 11) is 0. The van der Waals surface area contributed by atoms with E-state index in [4.69, 9.17) is 10.8 Å². The summed E-state index contributed by atoms with van der Waals surface area (Å²) in [4.78, 5) is 82.0. The van der Waals surface area contributed by atoms with Gasteiger partial charge in [0.1, 0.15) is 12.6 Å². The molecule has 15 nitrogen and oxygen atoms in total. The van der Waals surface area contributed by atoms with Gasteiger partial charge in [0.05, 0.1) is 6.54 Å². The fourth-order valence-corrected chi connectivity index (χ4v) is 4.19. The summed E-state index contributed by atoms with van der Waals surface area (Å²) in [6.07, 6.45) is 7.84. The summed E-state index contributed by atoms with van der Waals surface area (Å²) in [5.41, 5.74) is 6.17. The lowest BCUT2D eigenvalue weighted by Gasteiger charge is -2.22. The summed E-state index contributed by atoms with van der Waals surface area (Å²) in [5.74, 6) is -1.65. The van der Waals surface area contributed by atoms with Crippen molar-refractivity contribution in [2.24, 2.45) is 11.7 Å². The van der Waals surface area contributed by atoms with Crippen molar-refractivity contribution < 1.29 is 43.4 Å². The van der Waals surface area contributed by atoms with Gasteiger partial charge in [-0.1, -0.05) is 53.5 Å². The minimum absolute atomic E-state index is 0.0218. The number of hydrogen-bond acceptors (Lipinski definition) is 8. The fourth-order valence-electron chi connectivity index (χ4n) is 4.19. The van der Waals surface area contributed by atoms with Crippen LogP contribution in [0, 0.1) is 5.92 Å². The maximum Gasteiger partial charge on any atom is 0.506 e. The van der Waals surface area contributed by atoms with Crippen LogP contribution in [0.5, 0.6) is 0 Å². The van der Waals surface area contributed by atoms with Gasteiger partial charge >= 0.3 is 12.2 Å². The zero-order chi connectivity index (χ0) is 35.8. The van der Waals surface area contributed by atoms with Gasteiger partial charge in [-0.25, -0.2) is 9.59 Å². The van der Waals surface area contributed by atoms with E-state index >= 15 is 0 Å². The normalized spacial score (nSPS) is 14.3. The first-order chi connectivity index (χ1) is 22.2. The van der Waals surface area contributed by atoms with Crippen LogP contribution in [0.25, 0.3) is 0 Å². The van der Waals surface area contributed by atoms with Crippen LogP contribution in [-0.2, 0) is 28.7 Å². The fraction of sp³-hybridized carbons (Fsp3) is 0.656. The van der Waals surface area contributed by atoms with Crippen LogP contribution < -0.4 is 27.0 Å². The Morgan fingerprint density at radius 2 is 1.55 bits per heavy atom. The maximum absolute atomic E-state index is 12.6. The van der Waals surface area contributed by atoms with Crippen molar-refractivity contribution in [3.8, 4) is 0 Å². The average molecular weight is 667 g/mol. The van der Waals surface area contributed by atoms with Crippen LogP contribution in [-0.4, -0.2) is 84.0 Å². The lowest BCUT2D eigenvalue weighted by molar-refractivity contribution is -0.138. The number of likely N-dealkylation sites (tertiary alicyclic amines) is 1. The van der Waals surface area contributed by atoms with Crippen molar-refractivity contribution in [1.29, 1.82) is 0 Å². The Hall–Kier alpha value is -4.43. The van der Waals surface area contributed by atoms with E-state index in [1.165, 1.54) is 11.3 Å². The predicted octanol–water partition coefficient (Wildman–Crippen LogP) is 2.85. The highest BCUT2D eigenvalue weighted by Gasteiger charge is 2.28. The smallest absolute Gasteiger partial charge is 0.450 e. The van der Waals surface area contributed by atoms with Crippen LogP contribution in [0.4, 0.5) is 9.59 Å². The van der Waals surface area contributed by atoms with E-state index < -0.39 is 30.0 Å². The lowest BCUT2D eigenvalue weighted by atomic mass is 10.0. The van der Waals surface area contributed by atoms with Crippen molar-refractivity contribution in [3.63, 3.8) is 0 Å². The Balaban J connectivity index is 0.00000184. The highest BCUT2D eigenvalue weighted by molar-refractivity contribution is 6.01. The summed E-state index contributed by atoms with van der Waals surface area (Å²) in [6, 6.07) is -1.24. The van der Waals surface area contributed by atoms with Crippen LogP contribution >= 0.6 is 0 Å². The Morgan fingerprint density at radius 3 is 2.04 bits per heavy atom. The number of imide groups is 1. The SMILES string of the molecule is CC(C)C(NC(=O)CCCCCN1C(=O)CCC1=O)C(=O)NCC(=O)NC1=CC=C(COC(=O)O)CC1.CCC.CCCNC(N)=O. The number of carbonyl (C=O) groups excluding carboxylic acids is 6. The van der Waals surface area contributed by atoms with Gasteiger partial charge in [-0.15, -0.1) is 0 Å². The lowest BCUT2D eigenvalue weighted by Crippen LogP contribution is -2.51. The van der Waals surface area contributed by atoms with Crippen molar-refractivity contribution in [3.05, 3.63) is 23.4 Å². The first-order valence-corrected chi connectivity index (χ1v) is 16.2. The standard InChI is InChI=1S/C25H36N4O8.C4H10N2O.C3H8/c1-16(2)23(28-19(30)6-4-3-5-13-29-21(32)11-12-22(29)33)24(34)26-14-20(31)27-18-9-7-17(8-10-18)15-37-25(35)36;1-2-3-6-4(5)7;1-3-2/h7,9,16,23H,3-6,8,10-15H2,1-2H3,(H,26,34)(H,27,31)(H,28,30)(H,35,36);2-3H2,1H3,(H3,5,6,7);3H2,1-2H3. The summed E-state index contributed by atoms with van der Waals surface area (Å²) in [5, 5.41) is 19.0. The molecule has 0 radical (unpaired) electrons. The zero-order valence-electron chi connectivity index (χ0n) is 28.4. The number of hydrogen-bond donors (Lipinski definition) is 6. The third-order valence-corrected chi connectivity index (χ3v) is 6.60. The number of unbranched alkanes of at least 4 members (excludes halogenated alkanes) is 2. The van der Waals surface area contributed by atoms with Gasteiger partial charge < -0.3 is 36.8 Å². The zero-order valence-corrected chi connectivity index (χ0v) is 28.4. The molecule has 0 spiro atoms. The number of allylic oxidation sites excluding steroid dienone is 3. The monoisotopic (exact) mass is 666 g/mol. The van der Waals surface area contributed by atoms with E-state index in [0.29, 0.717) is 50.9 Å². The van der Waals surface area contributed by atoms with Crippen molar-refractivity contribution in [1.82, 2.24) is 26.2 Å². The molecule has 0 bridgehead atoms. The number of urea groups is 1. The number of carboxylic acid groups (broad SMARTS) is 1. The van der Waals surface area contributed by atoms with E-state index in [2.05, 4.69) is 39.9 Å². The van der Waals surface area contributed by atoms with Gasteiger partial charge in [0.2, 0.25) is 29.5 Å². The Labute approximate surface area is 277 Å². The maximum atomic E-state index is 12.6. The molecular weight excluding hydrogens is 612 g/mol. The molecule has 1 heterocycles. The van der Waals surface area contributed by atoms with Crippen LogP contribution in [0.15, 0.2) is 23.4 Å². The van der Waals surface area contributed by atoms with E-state index in [9.17, 15) is 33.6 Å². The highest BCUT2D eigenvalue weighted by atomic mass is 16.7. The van der Waals surface area contributed by atoms with Gasteiger partial charge in [0.15, 0.2) is 0 Å². The number of nitrogens with one attached hydrogen (secondary N) is 4. The number of amides is 7. The van der Waals surface area contributed by atoms with E-state index in [1.807, 2.05) is 6.92 Å². The second kappa shape index (κ2) is 24.8. The van der Waals surface area contributed by atoms with Crippen LogP contribution in [0.2, 0.25) is 0 Å². The van der Waals surface area contributed by atoms with E-state index in [0.717, 1.165) is 12.0 Å². The number of nitrogens with zero attached hydrogens (tertiary/aromatic N) is 1. The summed E-state index contributed by atoms with van der Waals surface area (Å²) in [6.45, 7) is 10.6. The molecular formula is C32H54N6O9. The molecule has 2 rings (SSSR count). The van der Waals surface area contributed by atoms with Crippen molar-refractivity contribution >= 4 is 41.7 Å². The molecule has 266 valence electrons. The van der Waals surface area contributed by atoms with Crippen LogP contribution in [0.3, 0.4) is 0 Å². The second-order valence-corrected chi connectivity index (χ2v) is 11.4. The molecule has 2 aliphatic rings. The Bertz CT molecular complexity index is 1100. The second-order valence-electron chi connectivity index (χ2n) is 11.4. The van der Waals surface area contributed by atoms with Gasteiger partial charge in [0, 0.05) is 38.0 Å². The Morgan fingerprint density at radius 1 is 0.915 bits per heavy atom. The Kier molecular flexibility index (Phi) is 22.4. The molecule has 0 aromatic carbocycles. The van der Waals surface area contributed by atoms with E-state index in [-0.39, 0.29) is 56.1 Å². The molecule has 1 aliphatic carbocycles. The average Bonchev–Trinajstić information content (AvgIpc) is 3.33. The van der Waals surface area contributed by atoms with Crippen molar-refractivity contribution in [2.75, 3.05) is 26.2 Å². The molecule has 47 heavy (non-hydrogen) atoms. The molecule has 1 atom stereocenters. The molecule has 1 saturated heterocycles. The number of nitrogens with two attached hydrogens (primary N) is 1. The number of carbonyl (C=O) groups is 7. The molecule has 1 fully saturated rings. The third kappa shape index (κ3) is 20.3. The van der Waals surface area contributed by atoms with Gasteiger partial charge in [-0.3, -0.25) is 28.9 Å². The molecule has 1 aliphatic heterocycles. The van der Waals surface area contributed by atoms with Crippen LogP contribution in [0.1, 0.15) is 98.8 Å². The molecule has 0 aromatic heterocycles. The first kappa shape index (κ1) is 42.6. The van der Waals surface area contributed by atoms with Gasteiger partial charge in [-0.2, -0.15) is 0 Å². The minimum Gasteiger partial charge on any atom is -0.450 e. The molecule has 0 saturated carbocycles. The highest BCUT2D eigenvalue weighted by Crippen LogP contribution is 2.17. The number of primary amides is 1. The van der Waals surface area contributed by atoms with Gasteiger partial charge in [0.25, 0.3) is 0 Å². The van der Waals surface area contributed by atoms with Crippen molar-refractivity contribution in [2.45, 2.75) is 105 Å². The summed E-state index contributed by atoms with van der Waals surface area (Å²) >= 11 is 0. The molecule has 1 unspecified atom stereocenters.